The van der Waals surface area contributed by atoms with Crippen molar-refractivity contribution in [2.24, 2.45) is 0 Å². The van der Waals surface area contributed by atoms with E-state index in [-0.39, 0.29) is 5.82 Å². The van der Waals surface area contributed by atoms with Gasteiger partial charge in [-0.05, 0) is 54.8 Å². The van der Waals surface area contributed by atoms with Crippen LogP contribution in [0.25, 0.3) is 0 Å². The van der Waals surface area contributed by atoms with Crippen LogP contribution in [-0.4, -0.2) is 22.1 Å². The summed E-state index contributed by atoms with van der Waals surface area (Å²) in [5.41, 5.74) is 1.92. The van der Waals surface area contributed by atoms with E-state index in [0.717, 1.165) is 0 Å². The van der Waals surface area contributed by atoms with E-state index in [0.29, 0.717) is 28.9 Å². The van der Waals surface area contributed by atoms with E-state index in [1.54, 1.807) is 13.8 Å². The average Bonchev–Trinajstić information content (AvgIpc) is 2.16. The van der Waals surface area contributed by atoms with Gasteiger partial charge >= 0.3 is 0 Å². The minimum absolute atomic E-state index is 0.324. The number of aryl methyl sites for hydroxylation is 2. The third kappa shape index (κ3) is 2.97. The molecule has 0 fully saturated rings. The molecule has 2 nitrogen and oxygen atoms in total. The van der Waals surface area contributed by atoms with E-state index in [2.05, 4.69) is 12.6 Å². The van der Waals surface area contributed by atoms with Gasteiger partial charge < -0.3 is 10.2 Å². The summed E-state index contributed by atoms with van der Waals surface area (Å²) in [4.78, 5) is 0. The summed E-state index contributed by atoms with van der Waals surface area (Å²) in [6, 6.07) is 2.72. The van der Waals surface area contributed by atoms with Crippen molar-refractivity contribution in [1.82, 2.24) is 0 Å². The van der Waals surface area contributed by atoms with E-state index in [1.165, 1.54) is 12.1 Å². The summed E-state index contributed by atoms with van der Waals surface area (Å²) >= 11 is 4.00. The largest absolute Gasteiger partial charge is 0.390 e. The molecule has 0 aliphatic rings. The van der Waals surface area contributed by atoms with Crippen molar-refractivity contribution in [3.8, 4) is 0 Å². The Labute approximate surface area is 101 Å². The maximum Gasteiger partial charge on any atom is 0.123 e. The molecule has 0 aromatic heterocycles. The molecule has 0 aliphatic heterocycles. The summed E-state index contributed by atoms with van der Waals surface area (Å²) in [7, 11) is 0. The maximum absolute atomic E-state index is 13.1. The molecule has 0 bridgehead atoms. The molecule has 2 unspecified atom stereocenters. The zero-order valence-corrected chi connectivity index (χ0v) is 10.3. The lowest BCUT2D eigenvalue weighted by atomic mass is 9.94. The molecular formula is C12H17FO2S. The number of aliphatic hydroxyl groups is 2. The molecule has 1 aromatic carbocycles. The first kappa shape index (κ1) is 13.5. The van der Waals surface area contributed by atoms with Crippen LogP contribution in [0.15, 0.2) is 12.1 Å². The first-order chi connectivity index (χ1) is 7.47. The second-order valence-corrected chi connectivity index (χ2v) is 4.42. The number of halogens is 1. The third-order valence-corrected chi connectivity index (χ3v) is 2.90. The molecule has 0 saturated heterocycles. The van der Waals surface area contributed by atoms with Gasteiger partial charge in [-0.1, -0.05) is 0 Å². The van der Waals surface area contributed by atoms with Crippen molar-refractivity contribution < 1.29 is 14.6 Å². The van der Waals surface area contributed by atoms with Crippen LogP contribution in [0.4, 0.5) is 4.39 Å². The first-order valence-corrected chi connectivity index (χ1v) is 5.84. The molecule has 2 atom stereocenters. The van der Waals surface area contributed by atoms with Gasteiger partial charge in [-0.25, -0.2) is 4.39 Å². The Hall–Kier alpha value is -0.580. The molecule has 0 saturated carbocycles. The van der Waals surface area contributed by atoms with Crippen molar-refractivity contribution in [3.05, 3.63) is 34.6 Å². The third-order valence-electron chi connectivity index (χ3n) is 2.64. The van der Waals surface area contributed by atoms with Gasteiger partial charge in [0, 0.05) is 0 Å². The first-order valence-electron chi connectivity index (χ1n) is 5.21. The lowest BCUT2D eigenvalue weighted by Gasteiger charge is -2.21. The normalized spacial score (nSPS) is 14.9. The van der Waals surface area contributed by atoms with Gasteiger partial charge in [-0.2, -0.15) is 12.6 Å². The van der Waals surface area contributed by atoms with E-state index in [9.17, 15) is 14.6 Å². The molecule has 1 rings (SSSR count). The number of thiol groups is 1. The molecule has 4 heteroatoms. The zero-order valence-electron chi connectivity index (χ0n) is 9.44. The van der Waals surface area contributed by atoms with E-state index < -0.39 is 12.2 Å². The second kappa shape index (κ2) is 5.66. The summed E-state index contributed by atoms with van der Waals surface area (Å²) in [6.45, 7) is 3.45. The van der Waals surface area contributed by atoms with Crippen molar-refractivity contribution >= 4 is 12.6 Å². The van der Waals surface area contributed by atoms with Crippen LogP contribution in [0.3, 0.4) is 0 Å². The van der Waals surface area contributed by atoms with Crippen molar-refractivity contribution in [2.75, 3.05) is 5.75 Å². The van der Waals surface area contributed by atoms with Crippen LogP contribution in [0.5, 0.6) is 0 Å². The monoisotopic (exact) mass is 244 g/mol. The van der Waals surface area contributed by atoms with Crippen LogP contribution < -0.4 is 0 Å². The highest BCUT2D eigenvalue weighted by Gasteiger charge is 2.21. The van der Waals surface area contributed by atoms with Crippen LogP contribution in [0.2, 0.25) is 0 Å². The predicted molar refractivity (Wildman–Crippen MR) is 65.3 cm³/mol. The van der Waals surface area contributed by atoms with Gasteiger partial charge in [0.05, 0.1) is 6.10 Å². The molecule has 0 spiro atoms. The minimum atomic E-state index is -0.979. The van der Waals surface area contributed by atoms with Gasteiger partial charge in [-0.3, -0.25) is 0 Å². The van der Waals surface area contributed by atoms with Crippen LogP contribution in [0, 0.1) is 19.7 Å². The summed E-state index contributed by atoms with van der Waals surface area (Å²) in [5.74, 6) is 0.173. The standard InChI is InChI=1S/C12H17FO2S/c1-7-5-9(13)6-8(2)11(7)12(15)10(14)3-4-16/h5-6,10,12,14-16H,3-4H2,1-2H3. The minimum Gasteiger partial charge on any atom is -0.390 e. The van der Waals surface area contributed by atoms with E-state index in [4.69, 9.17) is 0 Å². The lowest BCUT2D eigenvalue weighted by Crippen LogP contribution is -2.20. The van der Waals surface area contributed by atoms with Crippen molar-refractivity contribution in [2.45, 2.75) is 32.5 Å². The fourth-order valence-corrected chi connectivity index (χ4v) is 2.14. The number of rotatable bonds is 4. The Kier molecular flexibility index (Phi) is 4.77. The van der Waals surface area contributed by atoms with E-state index in [1.807, 2.05) is 0 Å². The molecule has 16 heavy (non-hydrogen) atoms. The fourth-order valence-electron chi connectivity index (χ4n) is 1.87. The van der Waals surface area contributed by atoms with Gasteiger partial charge in [0.1, 0.15) is 11.9 Å². The molecule has 90 valence electrons. The molecular weight excluding hydrogens is 227 g/mol. The quantitative estimate of drug-likeness (QED) is 0.710. The highest BCUT2D eigenvalue weighted by Crippen LogP contribution is 2.26. The maximum atomic E-state index is 13.1. The van der Waals surface area contributed by atoms with Crippen LogP contribution >= 0.6 is 12.6 Å². The van der Waals surface area contributed by atoms with E-state index >= 15 is 0 Å². The molecule has 2 N–H and O–H groups in total. The molecule has 1 aromatic rings. The number of benzene rings is 1. The summed E-state index contributed by atoms with van der Waals surface area (Å²) in [6.07, 6.45) is -1.44. The Balaban J connectivity index is 3.03. The van der Waals surface area contributed by atoms with Gasteiger partial charge in [0.25, 0.3) is 0 Å². The number of hydrogen-bond acceptors (Lipinski definition) is 3. The summed E-state index contributed by atoms with van der Waals surface area (Å²) < 4.78 is 13.1. The topological polar surface area (TPSA) is 40.5 Å². The molecule has 0 radical (unpaired) electrons. The Bertz CT molecular complexity index is 345. The van der Waals surface area contributed by atoms with Crippen molar-refractivity contribution in [3.63, 3.8) is 0 Å². The van der Waals surface area contributed by atoms with Crippen LogP contribution in [0.1, 0.15) is 29.2 Å². The van der Waals surface area contributed by atoms with Crippen molar-refractivity contribution in [1.29, 1.82) is 0 Å². The highest BCUT2D eigenvalue weighted by molar-refractivity contribution is 7.80. The number of hydrogen-bond donors (Lipinski definition) is 3. The molecule has 0 amide bonds. The zero-order chi connectivity index (χ0) is 12.3. The molecule has 0 heterocycles. The van der Waals surface area contributed by atoms with Gasteiger partial charge in [0.15, 0.2) is 0 Å². The Morgan fingerprint density at radius 3 is 2.19 bits per heavy atom. The highest BCUT2D eigenvalue weighted by atomic mass is 32.1. The Morgan fingerprint density at radius 2 is 1.75 bits per heavy atom. The molecule has 0 aliphatic carbocycles. The average molecular weight is 244 g/mol. The lowest BCUT2D eigenvalue weighted by molar-refractivity contribution is 0.0164. The van der Waals surface area contributed by atoms with Gasteiger partial charge in [0.2, 0.25) is 0 Å². The second-order valence-electron chi connectivity index (χ2n) is 3.98. The van der Waals surface area contributed by atoms with Crippen LogP contribution in [-0.2, 0) is 0 Å². The Morgan fingerprint density at radius 1 is 1.25 bits per heavy atom. The fraction of sp³-hybridized carbons (Fsp3) is 0.500. The predicted octanol–water partition coefficient (Wildman–Crippen LogP) is 2.16. The smallest absolute Gasteiger partial charge is 0.123 e. The van der Waals surface area contributed by atoms with Gasteiger partial charge in [-0.15, -0.1) is 0 Å². The SMILES string of the molecule is Cc1cc(F)cc(C)c1C(O)C(O)CCS. The summed E-state index contributed by atoms with van der Waals surface area (Å²) in [5, 5.41) is 19.7. The number of aliphatic hydroxyl groups excluding tert-OH is 2.